The molecule has 1 aromatic heterocycles. The minimum absolute atomic E-state index is 0.429. The molecule has 0 aliphatic carbocycles. The van der Waals surface area contributed by atoms with Crippen LogP contribution >= 0.6 is 0 Å². The number of pyridine rings is 1. The lowest BCUT2D eigenvalue weighted by Gasteiger charge is -2.26. The molecule has 0 bridgehead atoms. The SMILES string of the molecule is NCCC(c1ccccn1)N1CCCC1. The lowest BCUT2D eigenvalue weighted by Crippen LogP contribution is -2.28. The number of nitrogens with two attached hydrogens (primary N) is 1. The minimum Gasteiger partial charge on any atom is -0.330 e. The van der Waals surface area contributed by atoms with Crippen molar-refractivity contribution in [1.29, 1.82) is 0 Å². The Morgan fingerprint density at radius 3 is 2.73 bits per heavy atom. The third-order valence-corrected chi connectivity index (χ3v) is 3.05. The predicted octanol–water partition coefficient (Wildman–Crippen LogP) is 1.57. The molecule has 82 valence electrons. The van der Waals surface area contributed by atoms with Crippen molar-refractivity contribution in [3.8, 4) is 0 Å². The molecule has 1 aromatic rings. The molecule has 0 aromatic carbocycles. The predicted molar refractivity (Wildman–Crippen MR) is 61.5 cm³/mol. The molecule has 1 unspecified atom stereocenters. The Morgan fingerprint density at radius 2 is 2.13 bits per heavy atom. The lowest BCUT2D eigenvalue weighted by molar-refractivity contribution is 0.231. The van der Waals surface area contributed by atoms with E-state index in [2.05, 4.69) is 22.0 Å². The maximum atomic E-state index is 5.68. The summed E-state index contributed by atoms with van der Waals surface area (Å²) in [4.78, 5) is 6.95. The molecule has 2 rings (SSSR count). The van der Waals surface area contributed by atoms with E-state index in [9.17, 15) is 0 Å². The fraction of sp³-hybridized carbons (Fsp3) is 0.583. The Labute approximate surface area is 91.3 Å². The van der Waals surface area contributed by atoms with Crippen molar-refractivity contribution in [1.82, 2.24) is 9.88 Å². The van der Waals surface area contributed by atoms with E-state index in [1.807, 2.05) is 12.3 Å². The summed E-state index contributed by atoms with van der Waals surface area (Å²) in [5.41, 5.74) is 6.85. The third-order valence-electron chi connectivity index (χ3n) is 3.05. The normalized spacial score (nSPS) is 19.3. The molecule has 1 aliphatic heterocycles. The first-order valence-corrected chi connectivity index (χ1v) is 5.77. The van der Waals surface area contributed by atoms with E-state index in [1.165, 1.54) is 31.6 Å². The van der Waals surface area contributed by atoms with E-state index in [0.717, 1.165) is 13.0 Å². The van der Waals surface area contributed by atoms with Gasteiger partial charge in [0.15, 0.2) is 0 Å². The second kappa shape index (κ2) is 5.24. The molecule has 15 heavy (non-hydrogen) atoms. The molecule has 2 heterocycles. The minimum atomic E-state index is 0.429. The van der Waals surface area contributed by atoms with Crippen LogP contribution in [0.1, 0.15) is 31.0 Å². The molecule has 0 spiro atoms. The average Bonchev–Trinajstić information content (AvgIpc) is 2.80. The summed E-state index contributed by atoms with van der Waals surface area (Å²) in [6.45, 7) is 3.13. The summed E-state index contributed by atoms with van der Waals surface area (Å²) >= 11 is 0. The molecule has 0 amide bonds. The van der Waals surface area contributed by atoms with E-state index < -0.39 is 0 Å². The zero-order valence-corrected chi connectivity index (χ0v) is 9.10. The van der Waals surface area contributed by atoms with Gasteiger partial charge in [-0.05, 0) is 51.0 Å². The van der Waals surface area contributed by atoms with Crippen LogP contribution in [-0.4, -0.2) is 29.5 Å². The number of aromatic nitrogens is 1. The van der Waals surface area contributed by atoms with Crippen LogP contribution in [0, 0.1) is 0 Å². The zero-order chi connectivity index (χ0) is 10.5. The van der Waals surface area contributed by atoms with Crippen LogP contribution in [0.2, 0.25) is 0 Å². The second-order valence-electron chi connectivity index (χ2n) is 4.09. The van der Waals surface area contributed by atoms with Gasteiger partial charge in [-0.25, -0.2) is 0 Å². The van der Waals surface area contributed by atoms with Gasteiger partial charge in [-0.3, -0.25) is 9.88 Å². The first-order chi connectivity index (χ1) is 7.42. The van der Waals surface area contributed by atoms with E-state index in [0.29, 0.717) is 6.04 Å². The molecule has 0 radical (unpaired) electrons. The molecular formula is C12H19N3. The fourth-order valence-corrected chi connectivity index (χ4v) is 2.30. The smallest absolute Gasteiger partial charge is 0.0575 e. The van der Waals surface area contributed by atoms with E-state index in [1.54, 1.807) is 0 Å². The molecule has 0 saturated carbocycles. The van der Waals surface area contributed by atoms with Gasteiger partial charge in [-0.1, -0.05) is 6.07 Å². The monoisotopic (exact) mass is 205 g/mol. The highest BCUT2D eigenvalue weighted by Crippen LogP contribution is 2.25. The van der Waals surface area contributed by atoms with Crippen molar-refractivity contribution in [2.24, 2.45) is 5.73 Å². The highest BCUT2D eigenvalue weighted by molar-refractivity contribution is 5.09. The summed E-state index contributed by atoms with van der Waals surface area (Å²) in [7, 11) is 0. The van der Waals surface area contributed by atoms with Crippen LogP contribution in [0.3, 0.4) is 0 Å². The van der Waals surface area contributed by atoms with Crippen LogP contribution in [0.5, 0.6) is 0 Å². The van der Waals surface area contributed by atoms with Gasteiger partial charge in [0.05, 0.1) is 11.7 Å². The van der Waals surface area contributed by atoms with Crippen molar-refractivity contribution in [3.63, 3.8) is 0 Å². The molecule has 1 aliphatic rings. The quantitative estimate of drug-likeness (QED) is 0.811. The third kappa shape index (κ3) is 2.55. The Morgan fingerprint density at radius 1 is 1.33 bits per heavy atom. The Kier molecular flexibility index (Phi) is 3.69. The van der Waals surface area contributed by atoms with Crippen molar-refractivity contribution in [2.45, 2.75) is 25.3 Å². The van der Waals surface area contributed by atoms with Gasteiger partial charge in [0, 0.05) is 6.20 Å². The van der Waals surface area contributed by atoms with Crippen molar-refractivity contribution in [2.75, 3.05) is 19.6 Å². The van der Waals surface area contributed by atoms with E-state index in [-0.39, 0.29) is 0 Å². The Balaban J connectivity index is 2.11. The van der Waals surface area contributed by atoms with Gasteiger partial charge in [0.1, 0.15) is 0 Å². The van der Waals surface area contributed by atoms with Crippen molar-refractivity contribution < 1.29 is 0 Å². The van der Waals surface area contributed by atoms with Crippen molar-refractivity contribution in [3.05, 3.63) is 30.1 Å². The van der Waals surface area contributed by atoms with Crippen molar-refractivity contribution >= 4 is 0 Å². The number of likely N-dealkylation sites (tertiary alicyclic amines) is 1. The summed E-state index contributed by atoms with van der Waals surface area (Å²) in [5.74, 6) is 0. The molecule has 1 saturated heterocycles. The Bertz CT molecular complexity index is 280. The molecule has 1 atom stereocenters. The number of nitrogens with zero attached hydrogens (tertiary/aromatic N) is 2. The molecule has 3 nitrogen and oxygen atoms in total. The molecular weight excluding hydrogens is 186 g/mol. The summed E-state index contributed by atoms with van der Waals surface area (Å²) < 4.78 is 0. The average molecular weight is 205 g/mol. The molecule has 2 N–H and O–H groups in total. The highest BCUT2D eigenvalue weighted by Gasteiger charge is 2.23. The van der Waals surface area contributed by atoms with E-state index in [4.69, 9.17) is 5.73 Å². The summed E-state index contributed by atoms with van der Waals surface area (Å²) in [6.07, 6.45) is 5.51. The van der Waals surface area contributed by atoms with Crippen LogP contribution < -0.4 is 5.73 Å². The van der Waals surface area contributed by atoms with Crippen LogP contribution in [0.25, 0.3) is 0 Å². The highest BCUT2D eigenvalue weighted by atomic mass is 15.2. The number of rotatable bonds is 4. The lowest BCUT2D eigenvalue weighted by atomic mass is 10.1. The number of hydrogen-bond acceptors (Lipinski definition) is 3. The summed E-state index contributed by atoms with van der Waals surface area (Å²) in [6, 6.07) is 6.56. The van der Waals surface area contributed by atoms with Gasteiger partial charge in [0.25, 0.3) is 0 Å². The van der Waals surface area contributed by atoms with Gasteiger partial charge in [-0.2, -0.15) is 0 Å². The molecule has 1 fully saturated rings. The van der Waals surface area contributed by atoms with Gasteiger partial charge < -0.3 is 5.73 Å². The largest absolute Gasteiger partial charge is 0.330 e. The fourth-order valence-electron chi connectivity index (χ4n) is 2.30. The van der Waals surface area contributed by atoms with E-state index >= 15 is 0 Å². The number of hydrogen-bond donors (Lipinski definition) is 1. The first kappa shape index (κ1) is 10.6. The Hall–Kier alpha value is -0.930. The van der Waals surface area contributed by atoms with Gasteiger partial charge in [0.2, 0.25) is 0 Å². The van der Waals surface area contributed by atoms with Crippen LogP contribution in [0.4, 0.5) is 0 Å². The summed E-state index contributed by atoms with van der Waals surface area (Å²) in [5, 5.41) is 0. The maximum Gasteiger partial charge on any atom is 0.0575 e. The topological polar surface area (TPSA) is 42.1 Å². The van der Waals surface area contributed by atoms with Gasteiger partial charge in [-0.15, -0.1) is 0 Å². The molecule has 3 heteroatoms. The standard InChI is InChI=1S/C12H19N3/c13-7-6-12(15-9-3-4-10-15)11-5-1-2-8-14-11/h1-2,5,8,12H,3-4,6-7,9-10,13H2. The van der Waals surface area contributed by atoms with Crippen LogP contribution in [0.15, 0.2) is 24.4 Å². The first-order valence-electron chi connectivity index (χ1n) is 5.77. The maximum absolute atomic E-state index is 5.68. The zero-order valence-electron chi connectivity index (χ0n) is 9.10. The van der Waals surface area contributed by atoms with Crippen LogP contribution in [-0.2, 0) is 0 Å². The van der Waals surface area contributed by atoms with Gasteiger partial charge >= 0.3 is 0 Å². The second-order valence-corrected chi connectivity index (χ2v) is 4.09.